The predicted octanol–water partition coefficient (Wildman–Crippen LogP) is -0.958. The van der Waals surface area contributed by atoms with E-state index in [4.69, 9.17) is 21.7 Å². The summed E-state index contributed by atoms with van der Waals surface area (Å²) in [5.74, 6) is -0.706. The first-order valence-corrected chi connectivity index (χ1v) is 6.89. The molecule has 12 heteroatoms. The first-order valence-electron chi connectivity index (χ1n) is 6.89. The van der Waals surface area contributed by atoms with Crippen molar-refractivity contribution in [3.8, 4) is 0 Å². The number of rotatable bonds is 4. The average Bonchev–Trinajstić information content (AvgIpc) is 3.08. The molecule has 4 atom stereocenters. The van der Waals surface area contributed by atoms with Crippen molar-refractivity contribution in [2.24, 2.45) is 10.8 Å². The first kappa shape index (κ1) is 16.0. The molecule has 6 N–H and O–H groups in total. The molecule has 24 heavy (non-hydrogen) atoms. The fourth-order valence-corrected chi connectivity index (χ4v) is 2.78. The van der Waals surface area contributed by atoms with Gasteiger partial charge in [0.05, 0.1) is 23.7 Å². The van der Waals surface area contributed by atoms with Gasteiger partial charge >= 0.3 is 0 Å². The number of nitrogen functional groups attached to an aromatic ring is 1. The molecule has 2 aromatic rings. The quantitative estimate of drug-likeness (QED) is 0.313. The molecule has 1 fully saturated rings. The monoisotopic (exact) mass is 334 g/mol. The molecule has 3 unspecified atom stereocenters. The summed E-state index contributed by atoms with van der Waals surface area (Å²) < 4.78 is 6.94. The maximum Gasteiger partial charge on any atom is 0.251 e. The van der Waals surface area contributed by atoms with E-state index in [1.54, 1.807) is 0 Å². The summed E-state index contributed by atoms with van der Waals surface area (Å²) in [5, 5.41) is 23.2. The highest BCUT2D eigenvalue weighted by molar-refractivity contribution is 6.08. The lowest BCUT2D eigenvalue weighted by atomic mass is 10.1. The lowest BCUT2D eigenvalue weighted by Crippen LogP contribution is -2.31. The van der Waals surface area contributed by atoms with Gasteiger partial charge in [-0.05, 0) is 5.53 Å². The molecule has 0 saturated carbocycles. The number of aliphatic hydroxyl groups excluding tert-OH is 2. The third-order valence-electron chi connectivity index (χ3n) is 3.88. The molecule has 0 bridgehead atoms. The van der Waals surface area contributed by atoms with Crippen molar-refractivity contribution in [2.45, 2.75) is 24.5 Å². The number of hydrogen-bond donors (Lipinski definition) is 4. The molecular formula is C12H14N8O4. The Morgan fingerprint density at radius 2 is 2.29 bits per heavy atom. The number of fused-ring (bicyclic) bond motifs is 1. The number of aliphatic hydroxyl groups is 2. The van der Waals surface area contributed by atoms with E-state index in [-0.39, 0.29) is 22.4 Å². The average molecular weight is 334 g/mol. The first-order chi connectivity index (χ1) is 11.5. The Balaban J connectivity index is 2.20. The number of ether oxygens (including phenoxy) is 1. The summed E-state index contributed by atoms with van der Waals surface area (Å²) in [6.07, 6.45) is -0.660. The van der Waals surface area contributed by atoms with Crippen LogP contribution < -0.4 is 11.5 Å². The van der Waals surface area contributed by atoms with Crippen LogP contribution in [-0.4, -0.2) is 55.5 Å². The van der Waals surface area contributed by atoms with Crippen molar-refractivity contribution in [3.05, 3.63) is 28.5 Å². The maximum absolute atomic E-state index is 11.7. The molecule has 1 amide bonds. The van der Waals surface area contributed by atoms with Crippen LogP contribution in [0.1, 0.15) is 16.6 Å². The van der Waals surface area contributed by atoms with Crippen molar-refractivity contribution >= 4 is 22.8 Å². The van der Waals surface area contributed by atoms with Crippen LogP contribution in [0.25, 0.3) is 21.5 Å². The van der Waals surface area contributed by atoms with Gasteiger partial charge in [0.25, 0.3) is 5.91 Å². The molecule has 3 rings (SSSR count). The largest absolute Gasteiger partial charge is 0.394 e. The molecule has 0 aromatic carbocycles. The van der Waals surface area contributed by atoms with Gasteiger partial charge in [0.1, 0.15) is 36.2 Å². The van der Waals surface area contributed by atoms with Gasteiger partial charge in [-0.2, -0.15) is 0 Å². The topological polar surface area (TPSA) is 198 Å². The smallest absolute Gasteiger partial charge is 0.251 e. The molecule has 0 radical (unpaired) electrons. The number of primary amides is 1. The molecular weight excluding hydrogens is 320 g/mol. The van der Waals surface area contributed by atoms with Gasteiger partial charge < -0.3 is 31.0 Å². The normalized spacial score (nSPS) is 26.4. The number of hydrogen-bond acceptors (Lipinski definition) is 8. The van der Waals surface area contributed by atoms with E-state index < -0.39 is 37.0 Å². The van der Waals surface area contributed by atoms with Crippen LogP contribution in [0.4, 0.5) is 5.82 Å². The summed E-state index contributed by atoms with van der Waals surface area (Å²) in [7, 11) is 0. The zero-order valence-electron chi connectivity index (χ0n) is 12.2. The van der Waals surface area contributed by atoms with Gasteiger partial charge in [-0.25, -0.2) is 9.97 Å². The molecule has 0 spiro atoms. The lowest BCUT2D eigenvalue weighted by molar-refractivity contribution is -0.0435. The highest BCUT2D eigenvalue weighted by Gasteiger charge is 2.44. The molecule has 1 aliphatic rings. The Morgan fingerprint density at radius 3 is 2.92 bits per heavy atom. The van der Waals surface area contributed by atoms with Crippen LogP contribution in [-0.2, 0) is 4.74 Å². The van der Waals surface area contributed by atoms with Crippen LogP contribution in [0.15, 0.2) is 17.6 Å². The van der Waals surface area contributed by atoms with Crippen molar-refractivity contribution in [3.63, 3.8) is 0 Å². The van der Waals surface area contributed by atoms with Gasteiger partial charge in [0.15, 0.2) is 0 Å². The van der Waals surface area contributed by atoms with E-state index in [0.29, 0.717) is 0 Å². The zero-order valence-corrected chi connectivity index (χ0v) is 12.2. The number of carbonyl (C=O) groups is 1. The lowest BCUT2D eigenvalue weighted by Gasteiger charge is -2.17. The highest BCUT2D eigenvalue weighted by Crippen LogP contribution is 2.36. The van der Waals surface area contributed by atoms with Crippen LogP contribution in [0.3, 0.4) is 0 Å². The minimum absolute atomic E-state index is 0.0464. The Labute approximate surface area is 134 Å². The molecule has 0 aliphatic carbocycles. The Hall–Kier alpha value is -2.92. The fraction of sp³-hybridized carbons (Fsp3) is 0.417. The van der Waals surface area contributed by atoms with E-state index in [1.807, 2.05) is 0 Å². The third-order valence-corrected chi connectivity index (χ3v) is 3.88. The number of nitrogens with zero attached hydrogens (tertiary/aromatic N) is 6. The van der Waals surface area contributed by atoms with E-state index in [1.165, 1.54) is 17.1 Å². The van der Waals surface area contributed by atoms with Crippen molar-refractivity contribution < 1.29 is 19.7 Å². The van der Waals surface area contributed by atoms with Gasteiger partial charge in [-0.15, -0.1) is 0 Å². The van der Waals surface area contributed by atoms with Gasteiger partial charge in [-0.1, -0.05) is 5.11 Å². The molecule has 126 valence electrons. The molecule has 1 aliphatic heterocycles. The highest BCUT2D eigenvalue weighted by atomic mass is 16.5. The number of anilines is 1. The standard InChI is InChI=1S/C12H14N8O4/c13-9-6-4(10(14)23)1-20(11(6)17-3-16-9)12-7(18-19-15)8(22)5(2-21)24-12/h1,3,5,7-8,12,21-22H,2H2,(H2,14,23)(H2,13,16,17)/t5?,7-,8?,12?/m0/s1. The van der Waals surface area contributed by atoms with E-state index in [9.17, 15) is 15.0 Å². The number of nitrogens with two attached hydrogens (primary N) is 2. The van der Waals surface area contributed by atoms with Crippen molar-refractivity contribution in [1.29, 1.82) is 0 Å². The van der Waals surface area contributed by atoms with E-state index >= 15 is 0 Å². The number of azide groups is 1. The molecule has 12 nitrogen and oxygen atoms in total. The summed E-state index contributed by atoms with van der Waals surface area (Å²) in [6, 6.07) is -1.04. The predicted molar refractivity (Wildman–Crippen MR) is 80.4 cm³/mol. The fourth-order valence-electron chi connectivity index (χ4n) is 2.78. The second-order valence-electron chi connectivity index (χ2n) is 5.21. The van der Waals surface area contributed by atoms with E-state index in [2.05, 4.69) is 20.0 Å². The summed E-state index contributed by atoms with van der Waals surface area (Å²) in [4.78, 5) is 22.3. The second-order valence-corrected chi connectivity index (χ2v) is 5.21. The van der Waals surface area contributed by atoms with Crippen LogP contribution in [0.5, 0.6) is 0 Å². The summed E-state index contributed by atoms with van der Waals surface area (Å²) >= 11 is 0. The van der Waals surface area contributed by atoms with Gasteiger partial charge in [0.2, 0.25) is 0 Å². The molecule has 3 heterocycles. The SMILES string of the molecule is [N-]=[N+]=N[C@H]1C(O)C(CO)OC1n1cc(C(N)=O)c2c(N)ncnc21. The minimum Gasteiger partial charge on any atom is -0.394 e. The number of aromatic nitrogens is 3. The Morgan fingerprint density at radius 1 is 1.54 bits per heavy atom. The van der Waals surface area contributed by atoms with Crippen LogP contribution in [0.2, 0.25) is 0 Å². The maximum atomic E-state index is 11.7. The number of amides is 1. The Bertz CT molecular complexity index is 845. The minimum atomic E-state index is -1.23. The van der Waals surface area contributed by atoms with Gasteiger partial charge in [-0.3, -0.25) is 4.79 Å². The van der Waals surface area contributed by atoms with Crippen LogP contribution in [0, 0.1) is 0 Å². The zero-order chi connectivity index (χ0) is 17.4. The van der Waals surface area contributed by atoms with Gasteiger partial charge in [0, 0.05) is 11.1 Å². The number of carbonyl (C=O) groups excluding carboxylic acids is 1. The molecule has 2 aromatic heterocycles. The summed E-state index contributed by atoms with van der Waals surface area (Å²) in [6.45, 7) is -0.478. The summed E-state index contributed by atoms with van der Waals surface area (Å²) in [5.41, 5.74) is 20.2. The van der Waals surface area contributed by atoms with Crippen molar-refractivity contribution in [2.75, 3.05) is 12.3 Å². The Kier molecular flexibility index (Phi) is 3.95. The van der Waals surface area contributed by atoms with E-state index in [0.717, 1.165) is 0 Å². The second kappa shape index (κ2) is 5.94. The van der Waals surface area contributed by atoms with Crippen molar-refractivity contribution in [1.82, 2.24) is 14.5 Å². The van der Waals surface area contributed by atoms with Crippen LogP contribution >= 0.6 is 0 Å². The molecule has 1 saturated heterocycles. The third kappa shape index (κ3) is 2.30.